The molecule has 0 rings (SSSR count). The Morgan fingerprint density at radius 2 is 1.62 bits per heavy atom. The quantitative estimate of drug-likeness (QED) is 0.742. The minimum atomic E-state index is -0.607. The predicted octanol–water partition coefficient (Wildman–Crippen LogP) is 0.554. The van der Waals surface area contributed by atoms with E-state index in [2.05, 4.69) is 0 Å². The van der Waals surface area contributed by atoms with Crippen molar-refractivity contribution in [3.63, 3.8) is 0 Å². The van der Waals surface area contributed by atoms with Crippen molar-refractivity contribution in [3.8, 4) is 0 Å². The monoisotopic (exact) mass is 252 g/mol. The van der Waals surface area contributed by atoms with Gasteiger partial charge in [-0.1, -0.05) is 0 Å². The number of ether oxygens (including phenoxy) is 1. The smallest absolute Gasteiger partial charge is 0.328 e. The lowest BCUT2D eigenvalue weighted by atomic mass is 10.2. The van der Waals surface area contributed by atoms with Gasteiger partial charge in [-0.2, -0.15) is 0 Å². The topological polar surface area (TPSA) is 72.6 Å². The van der Waals surface area contributed by atoms with Crippen LogP contribution in [-0.2, 0) is 14.3 Å². The van der Waals surface area contributed by atoms with Crippen molar-refractivity contribution in [2.75, 3.05) is 7.05 Å². The van der Waals surface area contributed by atoms with Crippen LogP contribution in [0.1, 0.15) is 27.7 Å². The minimum Gasteiger partial charge on any atom is -0.461 e. The Hall–Kier alpha value is -0.810. The summed E-state index contributed by atoms with van der Waals surface area (Å²) >= 11 is 0. The summed E-state index contributed by atoms with van der Waals surface area (Å²) in [5.74, 6) is -0.690. The molecular weight excluding hydrogens is 232 g/mol. The van der Waals surface area contributed by atoms with Crippen molar-refractivity contribution in [2.24, 2.45) is 5.73 Å². The number of nitrogens with two attached hydrogens (primary N) is 1. The third-order valence-corrected chi connectivity index (χ3v) is 2.01. The van der Waals surface area contributed by atoms with Gasteiger partial charge >= 0.3 is 5.97 Å². The third kappa shape index (κ3) is 5.32. The SMILES string of the molecule is CC(C)OC(=O)C(C)N(C)C(=O)C(C)N.Cl. The van der Waals surface area contributed by atoms with E-state index in [1.165, 1.54) is 11.9 Å². The zero-order chi connectivity index (χ0) is 12.2. The maximum atomic E-state index is 11.5. The molecule has 5 nitrogen and oxygen atoms in total. The van der Waals surface area contributed by atoms with E-state index in [0.717, 1.165) is 0 Å². The molecule has 0 aliphatic carbocycles. The zero-order valence-electron chi connectivity index (χ0n) is 10.4. The molecule has 1 amide bonds. The zero-order valence-corrected chi connectivity index (χ0v) is 11.2. The van der Waals surface area contributed by atoms with Crippen LogP contribution in [0.4, 0.5) is 0 Å². The van der Waals surface area contributed by atoms with Crippen LogP contribution in [-0.4, -0.2) is 42.0 Å². The highest BCUT2D eigenvalue weighted by Gasteiger charge is 2.25. The highest BCUT2D eigenvalue weighted by Crippen LogP contribution is 2.03. The summed E-state index contributed by atoms with van der Waals surface area (Å²) < 4.78 is 4.99. The first-order valence-corrected chi connectivity index (χ1v) is 5.00. The summed E-state index contributed by atoms with van der Waals surface area (Å²) in [5.41, 5.74) is 5.43. The van der Waals surface area contributed by atoms with Crippen LogP contribution in [0.5, 0.6) is 0 Å². The van der Waals surface area contributed by atoms with Gasteiger partial charge in [0.2, 0.25) is 5.91 Å². The van der Waals surface area contributed by atoms with Gasteiger partial charge in [-0.3, -0.25) is 4.79 Å². The number of likely N-dealkylation sites (N-methyl/N-ethyl adjacent to an activating group) is 1. The molecule has 0 aromatic rings. The van der Waals surface area contributed by atoms with E-state index >= 15 is 0 Å². The molecule has 96 valence electrons. The van der Waals surface area contributed by atoms with Crippen molar-refractivity contribution < 1.29 is 14.3 Å². The van der Waals surface area contributed by atoms with E-state index in [1.807, 2.05) is 0 Å². The van der Waals surface area contributed by atoms with Gasteiger partial charge in [0.05, 0.1) is 12.1 Å². The predicted molar refractivity (Wildman–Crippen MR) is 64.4 cm³/mol. The van der Waals surface area contributed by atoms with E-state index in [0.29, 0.717) is 0 Å². The normalized spacial score (nSPS) is 13.7. The van der Waals surface area contributed by atoms with Gasteiger partial charge in [0, 0.05) is 7.05 Å². The number of amides is 1. The maximum Gasteiger partial charge on any atom is 0.328 e. The van der Waals surface area contributed by atoms with Gasteiger partial charge in [0.25, 0.3) is 0 Å². The fraction of sp³-hybridized carbons (Fsp3) is 0.800. The van der Waals surface area contributed by atoms with Crippen molar-refractivity contribution in [3.05, 3.63) is 0 Å². The number of halogens is 1. The average molecular weight is 253 g/mol. The number of nitrogens with zero attached hydrogens (tertiary/aromatic N) is 1. The highest BCUT2D eigenvalue weighted by molar-refractivity contribution is 5.86. The molecule has 2 unspecified atom stereocenters. The van der Waals surface area contributed by atoms with Crippen LogP contribution in [0.2, 0.25) is 0 Å². The Morgan fingerprint density at radius 1 is 1.19 bits per heavy atom. The number of hydrogen-bond donors (Lipinski definition) is 1. The summed E-state index contributed by atoms with van der Waals surface area (Å²) in [7, 11) is 1.54. The van der Waals surface area contributed by atoms with Crippen molar-refractivity contribution in [1.82, 2.24) is 4.90 Å². The van der Waals surface area contributed by atoms with Gasteiger partial charge in [-0.15, -0.1) is 12.4 Å². The lowest BCUT2D eigenvalue weighted by Crippen LogP contribution is -2.47. The van der Waals surface area contributed by atoms with Crippen LogP contribution in [0.15, 0.2) is 0 Å². The van der Waals surface area contributed by atoms with Gasteiger partial charge in [0.1, 0.15) is 6.04 Å². The van der Waals surface area contributed by atoms with Crippen LogP contribution in [0, 0.1) is 0 Å². The molecule has 0 bridgehead atoms. The first kappa shape index (κ1) is 17.6. The maximum absolute atomic E-state index is 11.5. The standard InChI is InChI=1S/C10H20N2O3.ClH/c1-6(2)15-10(14)8(4)12(5)9(13)7(3)11;/h6-8H,11H2,1-5H3;1H. The second kappa shape index (κ2) is 7.46. The Labute approximate surface area is 103 Å². The second-order valence-electron chi connectivity index (χ2n) is 3.90. The number of carbonyl (C=O) groups is 2. The lowest BCUT2D eigenvalue weighted by molar-refractivity contribution is -0.156. The molecule has 0 spiro atoms. The summed E-state index contributed by atoms with van der Waals surface area (Å²) in [6.45, 7) is 6.72. The molecule has 0 aliphatic rings. The molecule has 0 saturated heterocycles. The molecule has 0 radical (unpaired) electrons. The number of hydrogen-bond acceptors (Lipinski definition) is 4. The largest absolute Gasteiger partial charge is 0.461 e. The minimum absolute atomic E-state index is 0. The molecular formula is C10H21ClN2O3. The van der Waals surface area contributed by atoms with Crippen LogP contribution in [0.3, 0.4) is 0 Å². The molecule has 0 fully saturated rings. The average Bonchev–Trinajstić information content (AvgIpc) is 2.13. The first-order chi connectivity index (χ1) is 6.77. The summed E-state index contributed by atoms with van der Waals surface area (Å²) in [5, 5.41) is 0. The molecule has 0 aliphatic heterocycles. The second-order valence-corrected chi connectivity index (χ2v) is 3.90. The first-order valence-electron chi connectivity index (χ1n) is 5.00. The molecule has 0 aromatic heterocycles. The van der Waals surface area contributed by atoms with Crippen LogP contribution < -0.4 is 5.73 Å². The number of carbonyl (C=O) groups excluding carboxylic acids is 2. The molecule has 0 aromatic carbocycles. The Kier molecular flexibility index (Phi) is 8.20. The van der Waals surface area contributed by atoms with Crippen LogP contribution in [0.25, 0.3) is 0 Å². The molecule has 2 N–H and O–H groups in total. The molecule has 16 heavy (non-hydrogen) atoms. The van der Waals surface area contributed by atoms with Crippen LogP contribution >= 0.6 is 12.4 Å². The van der Waals surface area contributed by atoms with Gasteiger partial charge in [-0.25, -0.2) is 4.79 Å². The number of rotatable bonds is 4. The molecule has 6 heteroatoms. The van der Waals surface area contributed by atoms with Gasteiger partial charge in [-0.05, 0) is 27.7 Å². The van der Waals surface area contributed by atoms with Crippen molar-refractivity contribution in [2.45, 2.75) is 45.9 Å². The van der Waals surface area contributed by atoms with E-state index in [1.54, 1.807) is 27.7 Å². The fourth-order valence-electron chi connectivity index (χ4n) is 1.00. The summed E-state index contributed by atoms with van der Waals surface area (Å²) in [6, 6.07) is -1.21. The fourth-order valence-corrected chi connectivity index (χ4v) is 1.00. The molecule has 0 saturated carbocycles. The van der Waals surface area contributed by atoms with Gasteiger partial charge < -0.3 is 15.4 Å². The van der Waals surface area contributed by atoms with E-state index in [-0.39, 0.29) is 24.4 Å². The van der Waals surface area contributed by atoms with Crippen molar-refractivity contribution >= 4 is 24.3 Å². The summed E-state index contributed by atoms with van der Waals surface area (Å²) in [6.07, 6.45) is -0.182. The highest BCUT2D eigenvalue weighted by atomic mass is 35.5. The Balaban J connectivity index is 0. The lowest BCUT2D eigenvalue weighted by Gasteiger charge is -2.25. The van der Waals surface area contributed by atoms with Gasteiger partial charge in [0.15, 0.2) is 0 Å². The van der Waals surface area contributed by atoms with E-state index in [4.69, 9.17) is 10.5 Å². The third-order valence-electron chi connectivity index (χ3n) is 2.01. The molecule has 0 heterocycles. The molecule has 2 atom stereocenters. The van der Waals surface area contributed by atoms with Crippen molar-refractivity contribution in [1.29, 1.82) is 0 Å². The number of esters is 1. The Bertz CT molecular complexity index is 244. The van der Waals surface area contributed by atoms with E-state index < -0.39 is 18.1 Å². The Morgan fingerprint density at radius 3 is 1.94 bits per heavy atom. The van der Waals surface area contributed by atoms with E-state index in [9.17, 15) is 9.59 Å². The summed E-state index contributed by atoms with van der Waals surface area (Å²) in [4.78, 5) is 24.2.